The van der Waals surface area contributed by atoms with Gasteiger partial charge in [0.15, 0.2) is 0 Å². The fourth-order valence-corrected chi connectivity index (χ4v) is 3.27. The molecule has 1 aliphatic heterocycles. The van der Waals surface area contributed by atoms with Gasteiger partial charge in [-0.2, -0.15) is 5.10 Å². The van der Waals surface area contributed by atoms with Crippen LogP contribution in [0.3, 0.4) is 0 Å². The molecule has 20 heavy (non-hydrogen) atoms. The predicted molar refractivity (Wildman–Crippen MR) is 80.9 cm³/mol. The Balaban J connectivity index is 2.43. The molecule has 5 nitrogen and oxygen atoms in total. The molecule has 114 valence electrons. The second kappa shape index (κ2) is 6.24. The van der Waals surface area contributed by atoms with E-state index in [4.69, 9.17) is 4.74 Å². The largest absolute Gasteiger partial charge is 0.374 e. The van der Waals surface area contributed by atoms with Crippen LogP contribution in [0.4, 0.5) is 0 Å². The number of aromatic nitrogens is 2. The second-order valence-corrected chi connectivity index (χ2v) is 5.95. The first-order valence-electron chi connectivity index (χ1n) is 7.49. The lowest BCUT2D eigenvalue weighted by molar-refractivity contribution is -0.0819. The third kappa shape index (κ3) is 2.75. The lowest BCUT2D eigenvalue weighted by Crippen LogP contribution is -2.51. The van der Waals surface area contributed by atoms with Gasteiger partial charge in [0.25, 0.3) is 0 Å². The first kappa shape index (κ1) is 15.5. The van der Waals surface area contributed by atoms with E-state index < -0.39 is 0 Å². The summed E-state index contributed by atoms with van der Waals surface area (Å²) < 4.78 is 8.02. The molecule has 0 radical (unpaired) electrons. The van der Waals surface area contributed by atoms with Crippen LogP contribution >= 0.6 is 0 Å². The van der Waals surface area contributed by atoms with Crippen molar-refractivity contribution in [2.24, 2.45) is 7.05 Å². The maximum Gasteiger partial charge on any atom is 0.0897 e. The molecule has 2 atom stereocenters. The Morgan fingerprint density at radius 3 is 2.60 bits per heavy atom. The van der Waals surface area contributed by atoms with Crippen LogP contribution in [0, 0.1) is 13.8 Å². The number of likely N-dealkylation sites (N-methyl/N-ethyl adjacent to an activating group) is 1. The summed E-state index contributed by atoms with van der Waals surface area (Å²) in [6.07, 6.45) is 0.178. The minimum atomic E-state index is 0.178. The SMILES string of the molecule is CNCC1OCCN(C(C)C)C1c1c(C)nn(C)c1C. The van der Waals surface area contributed by atoms with Crippen molar-refractivity contribution in [3.63, 3.8) is 0 Å². The number of nitrogens with one attached hydrogen (secondary N) is 1. The van der Waals surface area contributed by atoms with Crippen LogP contribution in [0.25, 0.3) is 0 Å². The van der Waals surface area contributed by atoms with Crippen molar-refractivity contribution < 1.29 is 4.74 Å². The van der Waals surface area contributed by atoms with Crippen molar-refractivity contribution in [3.8, 4) is 0 Å². The molecule has 0 aliphatic carbocycles. The third-order valence-electron chi connectivity index (χ3n) is 4.32. The second-order valence-electron chi connectivity index (χ2n) is 5.95. The van der Waals surface area contributed by atoms with E-state index in [1.54, 1.807) is 0 Å². The molecule has 1 aromatic heterocycles. The van der Waals surface area contributed by atoms with E-state index >= 15 is 0 Å². The number of hydrogen-bond acceptors (Lipinski definition) is 4. The minimum Gasteiger partial charge on any atom is -0.374 e. The summed E-state index contributed by atoms with van der Waals surface area (Å²) in [5, 5.41) is 7.85. The standard InChI is InChI=1S/C15H28N4O/c1-10(2)19-7-8-20-13(9-16-5)15(19)14-11(3)17-18(6)12(14)4/h10,13,15-16H,7-9H2,1-6H3. The summed E-state index contributed by atoms with van der Waals surface area (Å²) in [5.41, 5.74) is 3.69. The van der Waals surface area contributed by atoms with Gasteiger partial charge in [-0.15, -0.1) is 0 Å². The molecule has 0 saturated carbocycles. The molecule has 0 bridgehead atoms. The molecule has 0 aromatic carbocycles. The topological polar surface area (TPSA) is 42.3 Å². The van der Waals surface area contributed by atoms with Crippen LogP contribution in [-0.2, 0) is 11.8 Å². The number of aryl methyl sites for hydroxylation is 2. The maximum atomic E-state index is 6.04. The smallest absolute Gasteiger partial charge is 0.0897 e. The molecule has 0 amide bonds. The van der Waals surface area contributed by atoms with Crippen molar-refractivity contribution in [2.75, 3.05) is 26.7 Å². The van der Waals surface area contributed by atoms with Gasteiger partial charge in [-0.1, -0.05) is 0 Å². The minimum absolute atomic E-state index is 0.178. The molecular formula is C15H28N4O. The molecule has 0 spiro atoms. The van der Waals surface area contributed by atoms with Gasteiger partial charge >= 0.3 is 0 Å². The average molecular weight is 280 g/mol. The van der Waals surface area contributed by atoms with Crippen molar-refractivity contribution in [2.45, 2.75) is 45.9 Å². The normalized spacial score (nSPS) is 24.6. The number of nitrogens with zero attached hydrogens (tertiary/aromatic N) is 3. The van der Waals surface area contributed by atoms with Crippen LogP contribution in [0.1, 0.15) is 36.8 Å². The zero-order chi connectivity index (χ0) is 14.9. The highest BCUT2D eigenvalue weighted by Crippen LogP contribution is 2.34. The number of rotatable bonds is 4. The van der Waals surface area contributed by atoms with Gasteiger partial charge in [-0.3, -0.25) is 9.58 Å². The molecule has 2 rings (SSSR count). The van der Waals surface area contributed by atoms with E-state index in [1.807, 2.05) is 18.8 Å². The zero-order valence-electron chi connectivity index (χ0n) is 13.6. The van der Waals surface area contributed by atoms with Crippen molar-refractivity contribution in [1.82, 2.24) is 20.0 Å². The molecule has 5 heteroatoms. The molecule has 1 saturated heterocycles. The van der Waals surface area contributed by atoms with Crippen LogP contribution in [0.5, 0.6) is 0 Å². The Morgan fingerprint density at radius 2 is 2.10 bits per heavy atom. The summed E-state index contributed by atoms with van der Waals surface area (Å²) >= 11 is 0. The first-order valence-corrected chi connectivity index (χ1v) is 7.49. The highest BCUT2D eigenvalue weighted by molar-refractivity contribution is 5.30. The summed E-state index contributed by atoms with van der Waals surface area (Å²) in [4.78, 5) is 2.54. The fourth-order valence-electron chi connectivity index (χ4n) is 3.27. The van der Waals surface area contributed by atoms with Gasteiger partial charge < -0.3 is 10.1 Å². The van der Waals surface area contributed by atoms with Gasteiger partial charge in [0.1, 0.15) is 0 Å². The highest BCUT2D eigenvalue weighted by Gasteiger charge is 2.37. The Bertz CT molecular complexity index is 453. The third-order valence-corrected chi connectivity index (χ3v) is 4.32. The van der Waals surface area contributed by atoms with Gasteiger partial charge in [-0.25, -0.2) is 0 Å². The zero-order valence-corrected chi connectivity index (χ0v) is 13.6. The molecule has 1 aromatic rings. The quantitative estimate of drug-likeness (QED) is 0.905. The molecular weight excluding hydrogens is 252 g/mol. The van der Waals surface area contributed by atoms with E-state index in [-0.39, 0.29) is 12.1 Å². The molecule has 1 aliphatic rings. The lowest BCUT2D eigenvalue weighted by atomic mass is 9.95. The number of hydrogen-bond donors (Lipinski definition) is 1. The van der Waals surface area contributed by atoms with E-state index in [0.717, 1.165) is 25.4 Å². The lowest BCUT2D eigenvalue weighted by Gasteiger charge is -2.43. The monoisotopic (exact) mass is 280 g/mol. The highest BCUT2D eigenvalue weighted by atomic mass is 16.5. The fraction of sp³-hybridized carbons (Fsp3) is 0.800. The first-order chi connectivity index (χ1) is 9.47. The van der Waals surface area contributed by atoms with Gasteiger partial charge in [0.05, 0.1) is 24.4 Å². The van der Waals surface area contributed by atoms with E-state index in [0.29, 0.717) is 6.04 Å². The van der Waals surface area contributed by atoms with Crippen LogP contribution < -0.4 is 5.32 Å². The summed E-state index contributed by atoms with van der Waals surface area (Å²) in [6, 6.07) is 0.784. The van der Waals surface area contributed by atoms with Crippen molar-refractivity contribution >= 4 is 0 Å². The van der Waals surface area contributed by atoms with E-state index in [1.165, 1.54) is 11.3 Å². The summed E-state index contributed by atoms with van der Waals surface area (Å²) in [5.74, 6) is 0. The summed E-state index contributed by atoms with van der Waals surface area (Å²) in [7, 11) is 4.00. The number of morpholine rings is 1. The summed E-state index contributed by atoms with van der Waals surface area (Å²) in [6.45, 7) is 11.4. The van der Waals surface area contributed by atoms with Crippen molar-refractivity contribution in [1.29, 1.82) is 0 Å². The van der Waals surface area contributed by atoms with Gasteiger partial charge in [0.2, 0.25) is 0 Å². The Labute approximate surface area is 122 Å². The Hall–Kier alpha value is -0.910. The molecule has 1 fully saturated rings. The average Bonchev–Trinajstić information content (AvgIpc) is 2.64. The van der Waals surface area contributed by atoms with E-state index in [9.17, 15) is 0 Å². The van der Waals surface area contributed by atoms with Gasteiger partial charge in [-0.05, 0) is 34.7 Å². The predicted octanol–water partition coefficient (Wildman–Crippen LogP) is 1.41. The maximum absolute atomic E-state index is 6.04. The van der Waals surface area contributed by atoms with E-state index in [2.05, 4.69) is 43.0 Å². The Kier molecular flexibility index (Phi) is 4.83. The van der Waals surface area contributed by atoms with Crippen molar-refractivity contribution in [3.05, 3.63) is 17.0 Å². The van der Waals surface area contributed by atoms with Crippen LogP contribution in [0.2, 0.25) is 0 Å². The van der Waals surface area contributed by atoms with Crippen LogP contribution in [0.15, 0.2) is 0 Å². The Morgan fingerprint density at radius 1 is 1.40 bits per heavy atom. The molecule has 2 heterocycles. The molecule has 1 N–H and O–H groups in total. The van der Waals surface area contributed by atoms with Crippen LogP contribution in [-0.4, -0.2) is 53.6 Å². The molecule has 2 unspecified atom stereocenters. The number of ether oxygens (including phenoxy) is 1. The van der Waals surface area contributed by atoms with Gasteiger partial charge in [0, 0.05) is 37.4 Å².